The Morgan fingerprint density at radius 3 is 3.05 bits per heavy atom. The number of rotatable bonds is 3. The van der Waals surface area contributed by atoms with Crippen molar-refractivity contribution in [1.82, 2.24) is 9.88 Å². The van der Waals surface area contributed by atoms with Gasteiger partial charge in [-0.3, -0.25) is 0 Å². The number of hydrogen-bond donors (Lipinski definition) is 1. The number of hydrogen-bond acceptors (Lipinski definition) is 4. The third kappa shape index (κ3) is 3.13. The van der Waals surface area contributed by atoms with Crippen LogP contribution >= 0.6 is 11.3 Å². The third-order valence-corrected chi connectivity index (χ3v) is 4.99. The molecule has 0 aliphatic carbocycles. The quantitative estimate of drug-likeness (QED) is 0.926. The van der Waals surface area contributed by atoms with Crippen LogP contribution in [0.5, 0.6) is 0 Å². The lowest BCUT2D eigenvalue weighted by Gasteiger charge is -2.24. The first-order valence-corrected chi connectivity index (χ1v) is 8.44. The van der Waals surface area contributed by atoms with Gasteiger partial charge in [-0.15, -0.1) is 11.3 Å². The fourth-order valence-corrected chi connectivity index (χ4v) is 3.68. The smallest absolute Gasteiger partial charge is 0.0813 e. The second kappa shape index (κ2) is 6.10. The van der Waals surface area contributed by atoms with Crippen molar-refractivity contribution < 1.29 is 0 Å². The summed E-state index contributed by atoms with van der Waals surface area (Å²) in [6.07, 6.45) is 3.79. The SMILES string of the molecule is CC(C)N1CCCC(Nc2ccc3ncsc3c2)CC1. The minimum Gasteiger partial charge on any atom is -0.382 e. The van der Waals surface area contributed by atoms with Gasteiger partial charge in [0.05, 0.1) is 15.7 Å². The molecule has 0 amide bonds. The van der Waals surface area contributed by atoms with Gasteiger partial charge < -0.3 is 10.2 Å². The summed E-state index contributed by atoms with van der Waals surface area (Å²) in [6, 6.07) is 7.78. The molecule has 2 heterocycles. The van der Waals surface area contributed by atoms with E-state index in [1.807, 2.05) is 5.51 Å². The molecule has 1 aliphatic heterocycles. The molecule has 1 aromatic carbocycles. The van der Waals surface area contributed by atoms with Crippen LogP contribution in [0, 0.1) is 0 Å². The van der Waals surface area contributed by atoms with Crippen molar-refractivity contribution in [3.8, 4) is 0 Å². The number of fused-ring (bicyclic) bond motifs is 1. The van der Waals surface area contributed by atoms with Crippen molar-refractivity contribution in [1.29, 1.82) is 0 Å². The van der Waals surface area contributed by atoms with Crippen LogP contribution in [0.4, 0.5) is 5.69 Å². The first kappa shape index (κ1) is 13.8. The number of benzene rings is 1. The number of nitrogens with one attached hydrogen (secondary N) is 1. The first-order valence-electron chi connectivity index (χ1n) is 7.56. The van der Waals surface area contributed by atoms with E-state index < -0.39 is 0 Å². The van der Waals surface area contributed by atoms with Gasteiger partial charge in [-0.25, -0.2) is 4.98 Å². The molecule has 4 heteroatoms. The molecule has 1 aliphatic rings. The van der Waals surface area contributed by atoms with Gasteiger partial charge in [0, 0.05) is 24.3 Å². The molecule has 1 atom stereocenters. The topological polar surface area (TPSA) is 28.2 Å². The van der Waals surface area contributed by atoms with Gasteiger partial charge in [-0.2, -0.15) is 0 Å². The van der Waals surface area contributed by atoms with Gasteiger partial charge in [0.25, 0.3) is 0 Å². The predicted molar refractivity (Wildman–Crippen MR) is 87.6 cm³/mol. The fraction of sp³-hybridized carbons (Fsp3) is 0.562. The molecule has 1 unspecified atom stereocenters. The minimum absolute atomic E-state index is 0.601. The second-order valence-electron chi connectivity index (χ2n) is 5.94. The number of anilines is 1. The minimum atomic E-state index is 0.601. The van der Waals surface area contributed by atoms with E-state index in [0.717, 1.165) is 5.52 Å². The Morgan fingerprint density at radius 2 is 2.20 bits per heavy atom. The zero-order valence-corrected chi connectivity index (χ0v) is 13.1. The Balaban J connectivity index is 1.65. The standard InChI is InChI=1S/C16H23N3S/c1-12(2)19-8-3-4-13(7-9-19)18-14-5-6-15-16(10-14)20-11-17-15/h5-6,10-13,18H,3-4,7-9H2,1-2H3. The largest absolute Gasteiger partial charge is 0.382 e. The number of aromatic nitrogens is 1. The first-order chi connectivity index (χ1) is 9.72. The average molecular weight is 289 g/mol. The summed E-state index contributed by atoms with van der Waals surface area (Å²) >= 11 is 1.71. The normalized spacial score (nSPS) is 21.2. The van der Waals surface area contributed by atoms with Gasteiger partial charge in [-0.05, 0) is 57.9 Å². The summed E-state index contributed by atoms with van der Waals surface area (Å²) < 4.78 is 1.27. The molecule has 108 valence electrons. The monoisotopic (exact) mass is 289 g/mol. The molecule has 1 fully saturated rings. The van der Waals surface area contributed by atoms with E-state index in [4.69, 9.17) is 0 Å². The highest BCUT2D eigenvalue weighted by Crippen LogP contribution is 2.24. The Bertz CT molecular complexity index is 564. The molecular weight excluding hydrogens is 266 g/mol. The lowest BCUT2D eigenvalue weighted by atomic mass is 10.1. The molecule has 3 nitrogen and oxygen atoms in total. The summed E-state index contributed by atoms with van der Waals surface area (Å²) in [6.45, 7) is 7.04. The summed E-state index contributed by atoms with van der Waals surface area (Å²) in [7, 11) is 0. The van der Waals surface area contributed by atoms with Crippen molar-refractivity contribution in [2.24, 2.45) is 0 Å². The van der Waals surface area contributed by atoms with Crippen molar-refractivity contribution in [3.05, 3.63) is 23.7 Å². The summed E-state index contributed by atoms with van der Waals surface area (Å²) in [5.41, 5.74) is 4.26. The van der Waals surface area contributed by atoms with Gasteiger partial charge in [0.2, 0.25) is 0 Å². The van der Waals surface area contributed by atoms with Crippen LogP contribution in [-0.4, -0.2) is 35.1 Å². The van der Waals surface area contributed by atoms with Crippen LogP contribution in [-0.2, 0) is 0 Å². The van der Waals surface area contributed by atoms with Gasteiger partial charge >= 0.3 is 0 Å². The van der Waals surface area contributed by atoms with Crippen molar-refractivity contribution in [2.45, 2.75) is 45.2 Å². The van der Waals surface area contributed by atoms with E-state index in [1.165, 1.54) is 42.7 Å². The Hall–Kier alpha value is -1.13. The Labute approximate surface area is 125 Å². The van der Waals surface area contributed by atoms with E-state index in [2.05, 4.69) is 47.2 Å². The maximum atomic E-state index is 4.34. The number of thiazole rings is 1. The molecule has 0 spiro atoms. The van der Waals surface area contributed by atoms with Crippen LogP contribution < -0.4 is 5.32 Å². The summed E-state index contributed by atoms with van der Waals surface area (Å²) in [5.74, 6) is 0. The summed E-state index contributed by atoms with van der Waals surface area (Å²) in [5, 5.41) is 3.71. The second-order valence-corrected chi connectivity index (χ2v) is 6.82. The lowest BCUT2D eigenvalue weighted by Crippen LogP contribution is -2.32. The Kier molecular flexibility index (Phi) is 4.22. The number of likely N-dealkylation sites (tertiary alicyclic amines) is 1. The average Bonchev–Trinajstić information content (AvgIpc) is 2.76. The van der Waals surface area contributed by atoms with Crippen LogP contribution in [0.1, 0.15) is 33.1 Å². The molecule has 1 aromatic heterocycles. The van der Waals surface area contributed by atoms with Crippen molar-refractivity contribution in [2.75, 3.05) is 18.4 Å². The highest BCUT2D eigenvalue weighted by atomic mass is 32.1. The van der Waals surface area contributed by atoms with E-state index in [1.54, 1.807) is 11.3 Å². The molecule has 20 heavy (non-hydrogen) atoms. The van der Waals surface area contributed by atoms with E-state index in [0.29, 0.717) is 12.1 Å². The molecule has 3 rings (SSSR count). The van der Waals surface area contributed by atoms with Crippen molar-refractivity contribution >= 4 is 27.2 Å². The molecule has 1 N–H and O–H groups in total. The zero-order valence-electron chi connectivity index (χ0n) is 12.3. The van der Waals surface area contributed by atoms with Gasteiger partial charge in [-0.1, -0.05) is 0 Å². The van der Waals surface area contributed by atoms with Crippen LogP contribution in [0.25, 0.3) is 10.2 Å². The molecule has 0 saturated carbocycles. The Morgan fingerprint density at radius 1 is 1.30 bits per heavy atom. The van der Waals surface area contributed by atoms with E-state index >= 15 is 0 Å². The van der Waals surface area contributed by atoms with Gasteiger partial charge in [0.1, 0.15) is 0 Å². The fourth-order valence-electron chi connectivity index (χ4n) is 2.96. The van der Waals surface area contributed by atoms with Gasteiger partial charge in [0.15, 0.2) is 0 Å². The van der Waals surface area contributed by atoms with Crippen LogP contribution in [0.2, 0.25) is 0 Å². The van der Waals surface area contributed by atoms with Crippen molar-refractivity contribution in [3.63, 3.8) is 0 Å². The molecule has 0 radical (unpaired) electrons. The molecule has 2 aromatic rings. The molecule has 1 saturated heterocycles. The van der Waals surface area contributed by atoms with E-state index in [-0.39, 0.29) is 0 Å². The lowest BCUT2D eigenvalue weighted by molar-refractivity contribution is 0.230. The maximum Gasteiger partial charge on any atom is 0.0813 e. The van der Waals surface area contributed by atoms with Crippen LogP contribution in [0.15, 0.2) is 23.7 Å². The third-order valence-electron chi connectivity index (χ3n) is 4.20. The highest BCUT2D eigenvalue weighted by molar-refractivity contribution is 7.16. The zero-order chi connectivity index (χ0) is 13.9. The molecular formula is C16H23N3S. The summed E-state index contributed by atoms with van der Waals surface area (Å²) in [4.78, 5) is 6.93. The van der Waals surface area contributed by atoms with E-state index in [9.17, 15) is 0 Å². The maximum absolute atomic E-state index is 4.34. The predicted octanol–water partition coefficient (Wildman–Crippen LogP) is 3.97. The highest BCUT2D eigenvalue weighted by Gasteiger charge is 2.18. The number of nitrogens with zero attached hydrogens (tertiary/aromatic N) is 2. The van der Waals surface area contributed by atoms with Crippen LogP contribution in [0.3, 0.4) is 0 Å². The molecule has 0 bridgehead atoms.